The van der Waals surface area contributed by atoms with Gasteiger partial charge in [0.15, 0.2) is 0 Å². The van der Waals surface area contributed by atoms with E-state index in [1.165, 1.54) is 10.4 Å². The summed E-state index contributed by atoms with van der Waals surface area (Å²) < 4.78 is 2.96. The van der Waals surface area contributed by atoms with Crippen molar-refractivity contribution in [2.24, 2.45) is 0 Å². The Labute approximate surface area is 131 Å². The lowest BCUT2D eigenvalue weighted by atomic mass is 10.0. The van der Waals surface area contributed by atoms with Gasteiger partial charge in [-0.25, -0.2) is 0 Å². The SMILES string of the molecule is CCn1cc(Br)cc1C(=O)N1CCc2sccc2C1C. The van der Waals surface area contributed by atoms with E-state index < -0.39 is 0 Å². The predicted molar refractivity (Wildman–Crippen MR) is 85.3 cm³/mol. The fourth-order valence-corrected chi connectivity index (χ4v) is 4.28. The molecule has 0 aromatic carbocycles. The van der Waals surface area contributed by atoms with Crippen molar-refractivity contribution in [2.75, 3.05) is 6.54 Å². The van der Waals surface area contributed by atoms with Crippen molar-refractivity contribution in [2.45, 2.75) is 32.9 Å². The summed E-state index contributed by atoms with van der Waals surface area (Å²) in [5, 5.41) is 2.13. The van der Waals surface area contributed by atoms with Crippen molar-refractivity contribution in [3.63, 3.8) is 0 Å². The second-order valence-corrected chi connectivity index (χ2v) is 6.97. The fourth-order valence-electron chi connectivity index (χ4n) is 2.85. The quantitative estimate of drug-likeness (QED) is 0.798. The van der Waals surface area contributed by atoms with Gasteiger partial charge in [0.25, 0.3) is 5.91 Å². The zero-order valence-corrected chi connectivity index (χ0v) is 14.0. The van der Waals surface area contributed by atoms with Gasteiger partial charge in [-0.15, -0.1) is 11.3 Å². The second kappa shape index (κ2) is 5.37. The molecule has 0 fully saturated rings. The summed E-state index contributed by atoms with van der Waals surface area (Å²) in [5.74, 6) is 0.127. The Hall–Kier alpha value is -1.07. The van der Waals surface area contributed by atoms with Crippen LogP contribution in [0, 0.1) is 0 Å². The second-order valence-electron chi connectivity index (χ2n) is 5.05. The fraction of sp³-hybridized carbons (Fsp3) is 0.400. The van der Waals surface area contributed by atoms with Crippen LogP contribution in [-0.4, -0.2) is 21.9 Å². The van der Waals surface area contributed by atoms with E-state index in [-0.39, 0.29) is 11.9 Å². The van der Waals surface area contributed by atoms with Crippen LogP contribution >= 0.6 is 27.3 Å². The van der Waals surface area contributed by atoms with Crippen LogP contribution in [0.25, 0.3) is 0 Å². The zero-order chi connectivity index (χ0) is 14.3. The van der Waals surface area contributed by atoms with Gasteiger partial charge in [-0.05, 0) is 59.3 Å². The lowest BCUT2D eigenvalue weighted by molar-refractivity contribution is 0.0668. The molecule has 0 saturated heterocycles. The molecule has 1 aliphatic heterocycles. The van der Waals surface area contributed by atoms with E-state index >= 15 is 0 Å². The maximum Gasteiger partial charge on any atom is 0.271 e. The summed E-state index contributed by atoms with van der Waals surface area (Å²) in [7, 11) is 0. The van der Waals surface area contributed by atoms with E-state index in [0.717, 1.165) is 29.7 Å². The maximum absolute atomic E-state index is 12.8. The molecule has 0 aliphatic carbocycles. The predicted octanol–water partition coefficient (Wildman–Crippen LogP) is 4.09. The number of aryl methyl sites for hydroxylation is 1. The number of rotatable bonds is 2. The Kier molecular flexibility index (Phi) is 3.73. The number of carbonyl (C=O) groups is 1. The average Bonchev–Trinajstić information content (AvgIpc) is 3.04. The van der Waals surface area contributed by atoms with Gasteiger partial charge in [-0.3, -0.25) is 4.79 Å². The summed E-state index contributed by atoms with van der Waals surface area (Å²) >= 11 is 5.26. The van der Waals surface area contributed by atoms with Crippen LogP contribution in [0.2, 0.25) is 0 Å². The van der Waals surface area contributed by atoms with Gasteiger partial charge in [-0.1, -0.05) is 0 Å². The van der Waals surface area contributed by atoms with Gasteiger partial charge < -0.3 is 9.47 Å². The number of hydrogen-bond acceptors (Lipinski definition) is 2. The third kappa shape index (κ3) is 2.23. The minimum absolute atomic E-state index is 0.127. The molecule has 106 valence electrons. The summed E-state index contributed by atoms with van der Waals surface area (Å²) in [6, 6.07) is 4.23. The number of hydrogen-bond donors (Lipinski definition) is 0. The minimum atomic E-state index is 0.127. The number of halogens is 1. The van der Waals surface area contributed by atoms with Crippen molar-refractivity contribution in [3.8, 4) is 0 Å². The molecule has 0 saturated carbocycles. The number of nitrogens with zero attached hydrogens (tertiary/aromatic N) is 2. The Morgan fingerprint density at radius 3 is 3.10 bits per heavy atom. The first-order valence-corrected chi connectivity index (χ1v) is 8.52. The van der Waals surface area contributed by atoms with Gasteiger partial charge in [0.05, 0.1) is 6.04 Å². The van der Waals surface area contributed by atoms with Crippen LogP contribution in [0.1, 0.15) is 40.8 Å². The number of fused-ring (bicyclic) bond motifs is 1. The molecule has 3 heterocycles. The Morgan fingerprint density at radius 2 is 2.35 bits per heavy atom. The van der Waals surface area contributed by atoms with Gasteiger partial charge in [0.2, 0.25) is 0 Å². The highest BCUT2D eigenvalue weighted by molar-refractivity contribution is 9.10. The Bertz CT molecular complexity index is 646. The standard InChI is InChI=1S/C15H17BrN2OS/c1-3-17-9-11(16)8-13(17)15(19)18-6-4-14-12(10(18)2)5-7-20-14/h5,7-10H,3-4,6H2,1-2H3. The first-order valence-electron chi connectivity index (χ1n) is 6.84. The molecule has 20 heavy (non-hydrogen) atoms. The van der Waals surface area contributed by atoms with Gasteiger partial charge in [0.1, 0.15) is 5.69 Å². The molecule has 1 unspecified atom stereocenters. The van der Waals surface area contributed by atoms with Crippen molar-refractivity contribution in [1.29, 1.82) is 0 Å². The lowest BCUT2D eigenvalue weighted by Gasteiger charge is -2.33. The summed E-state index contributed by atoms with van der Waals surface area (Å²) in [4.78, 5) is 16.2. The molecule has 2 aromatic rings. The van der Waals surface area contributed by atoms with Crippen LogP contribution in [-0.2, 0) is 13.0 Å². The van der Waals surface area contributed by atoms with E-state index in [2.05, 4.69) is 41.2 Å². The molecule has 0 N–H and O–H groups in total. The van der Waals surface area contributed by atoms with E-state index in [9.17, 15) is 4.79 Å². The van der Waals surface area contributed by atoms with E-state index in [4.69, 9.17) is 0 Å². The number of thiophene rings is 1. The van der Waals surface area contributed by atoms with Crippen LogP contribution < -0.4 is 0 Å². The van der Waals surface area contributed by atoms with Crippen LogP contribution in [0.4, 0.5) is 0 Å². The van der Waals surface area contributed by atoms with Crippen molar-refractivity contribution in [3.05, 3.63) is 44.3 Å². The molecule has 5 heteroatoms. The third-order valence-electron chi connectivity index (χ3n) is 3.96. The molecule has 3 rings (SSSR count). The van der Waals surface area contributed by atoms with E-state index in [0.29, 0.717) is 0 Å². The first kappa shape index (κ1) is 13.9. The average molecular weight is 353 g/mol. The molecule has 1 aliphatic rings. The molecule has 0 spiro atoms. The largest absolute Gasteiger partial charge is 0.343 e. The number of amides is 1. The van der Waals surface area contributed by atoms with E-state index in [1.807, 2.05) is 21.7 Å². The first-order chi connectivity index (χ1) is 9.61. The summed E-state index contributed by atoms with van der Waals surface area (Å²) in [5.41, 5.74) is 2.08. The topological polar surface area (TPSA) is 25.2 Å². The number of aromatic nitrogens is 1. The molecule has 3 nitrogen and oxygen atoms in total. The van der Waals surface area contributed by atoms with Crippen LogP contribution in [0.5, 0.6) is 0 Å². The zero-order valence-electron chi connectivity index (χ0n) is 11.6. The Balaban J connectivity index is 1.92. The van der Waals surface area contributed by atoms with Crippen molar-refractivity contribution < 1.29 is 4.79 Å². The summed E-state index contributed by atoms with van der Waals surface area (Å²) in [6.07, 6.45) is 2.94. The number of carbonyl (C=O) groups excluding carboxylic acids is 1. The monoisotopic (exact) mass is 352 g/mol. The van der Waals surface area contributed by atoms with Crippen LogP contribution in [0.3, 0.4) is 0 Å². The van der Waals surface area contributed by atoms with Gasteiger partial charge >= 0.3 is 0 Å². The van der Waals surface area contributed by atoms with Crippen LogP contribution in [0.15, 0.2) is 28.2 Å². The molecule has 1 atom stereocenters. The molecule has 2 aromatic heterocycles. The van der Waals surface area contributed by atoms with Gasteiger partial charge in [-0.2, -0.15) is 0 Å². The summed E-state index contributed by atoms with van der Waals surface area (Å²) in [6.45, 7) is 5.79. The smallest absolute Gasteiger partial charge is 0.271 e. The Morgan fingerprint density at radius 1 is 1.55 bits per heavy atom. The molecular formula is C15H17BrN2OS. The minimum Gasteiger partial charge on any atom is -0.343 e. The maximum atomic E-state index is 12.8. The highest BCUT2D eigenvalue weighted by Crippen LogP contribution is 2.34. The highest BCUT2D eigenvalue weighted by atomic mass is 79.9. The molecular weight excluding hydrogens is 336 g/mol. The van der Waals surface area contributed by atoms with Crippen molar-refractivity contribution in [1.82, 2.24) is 9.47 Å². The van der Waals surface area contributed by atoms with Crippen molar-refractivity contribution >= 4 is 33.2 Å². The van der Waals surface area contributed by atoms with E-state index in [1.54, 1.807) is 11.3 Å². The third-order valence-corrected chi connectivity index (χ3v) is 5.39. The highest BCUT2D eigenvalue weighted by Gasteiger charge is 2.30. The lowest BCUT2D eigenvalue weighted by Crippen LogP contribution is -2.39. The molecule has 1 amide bonds. The molecule has 0 radical (unpaired) electrons. The normalized spacial score (nSPS) is 18.1. The van der Waals surface area contributed by atoms with Gasteiger partial charge in [0, 0.05) is 28.6 Å². The molecule has 0 bridgehead atoms.